The lowest BCUT2D eigenvalue weighted by atomic mass is 10.1. The number of aldehydes is 1. The first-order chi connectivity index (χ1) is 10.6. The number of hydrogen-bond acceptors (Lipinski definition) is 5. The van der Waals surface area contributed by atoms with Crippen molar-refractivity contribution in [3.63, 3.8) is 0 Å². The second kappa shape index (κ2) is 10.9. The largest absolute Gasteiger partial charge is 0.379 e. The number of carbonyl (C=O) groups excluding carboxylic acids is 3. The molecule has 6 heteroatoms. The standard InChI is InChI=1S/C16H23NO5/c1-14-5-6-16(20)17(14)8-7-15(19)4-2-10-21-12-13-22-11-3-9-18/h5-6,9H,1-4,7-8,10-13H2. The molecule has 22 heavy (non-hydrogen) atoms. The fraction of sp³-hybridized carbons (Fsp3) is 0.562. The highest BCUT2D eigenvalue weighted by Gasteiger charge is 2.18. The van der Waals surface area contributed by atoms with Crippen LogP contribution in [0, 0.1) is 0 Å². The molecule has 0 aromatic carbocycles. The van der Waals surface area contributed by atoms with Gasteiger partial charge < -0.3 is 19.2 Å². The van der Waals surface area contributed by atoms with Crippen LogP contribution >= 0.6 is 0 Å². The molecule has 1 amide bonds. The highest BCUT2D eigenvalue weighted by molar-refractivity contribution is 5.93. The molecule has 0 radical (unpaired) electrons. The summed E-state index contributed by atoms with van der Waals surface area (Å²) in [5.74, 6) is -0.00551. The summed E-state index contributed by atoms with van der Waals surface area (Å²) in [4.78, 5) is 34.7. The molecule has 0 atom stereocenters. The Morgan fingerprint density at radius 3 is 2.50 bits per heavy atom. The zero-order chi connectivity index (χ0) is 16.2. The number of ether oxygens (including phenoxy) is 2. The fourth-order valence-corrected chi connectivity index (χ4v) is 1.93. The molecule has 1 aliphatic heterocycles. The molecule has 0 aromatic rings. The molecule has 1 heterocycles. The first-order valence-corrected chi connectivity index (χ1v) is 7.44. The highest BCUT2D eigenvalue weighted by Crippen LogP contribution is 2.13. The van der Waals surface area contributed by atoms with Crippen molar-refractivity contribution in [3.05, 3.63) is 24.4 Å². The van der Waals surface area contributed by atoms with E-state index in [0.29, 0.717) is 64.4 Å². The number of amides is 1. The molecule has 1 aliphatic rings. The summed E-state index contributed by atoms with van der Waals surface area (Å²) in [6, 6.07) is 0. The van der Waals surface area contributed by atoms with Gasteiger partial charge in [0.05, 0.1) is 19.8 Å². The van der Waals surface area contributed by atoms with Crippen molar-refractivity contribution in [2.45, 2.75) is 25.7 Å². The van der Waals surface area contributed by atoms with Gasteiger partial charge in [-0.3, -0.25) is 9.59 Å². The number of allylic oxidation sites excluding steroid dienone is 1. The molecule has 0 saturated carbocycles. The van der Waals surface area contributed by atoms with Crippen molar-refractivity contribution in [1.82, 2.24) is 4.90 Å². The van der Waals surface area contributed by atoms with Gasteiger partial charge in [0.15, 0.2) is 0 Å². The maximum Gasteiger partial charge on any atom is 0.251 e. The van der Waals surface area contributed by atoms with Gasteiger partial charge in [-0.2, -0.15) is 0 Å². The lowest BCUT2D eigenvalue weighted by Gasteiger charge is -2.16. The molecule has 0 bridgehead atoms. The van der Waals surface area contributed by atoms with E-state index in [2.05, 4.69) is 6.58 Å². The third-order valence-corrected chi connectivity index (χ3v) is 3.14. The minimum atomic E-state index is -0.115. The second-order valence-electron chi connectivity index (χ2n) is 4.89. The van der Waals surface area contributed by atoms with Crippen molar-refractivity contribution in [2.75, 3.05) is 33.0 Å². The molecule has 0 saturated heterocycles. The van der Waals surface area contributed by atoms with Crippen LogP contribution in [0.25, 0.3) is 0 Å². The molecule has 1 rings (SSSR count). The summed E-state index contributed by atoms with van der Waals surface area (Å²) in [6.45, 7) is 5.95. The summed E-state index contributed by atoms with van der Waals surface area (Å²) in [5, 5.41) is 0. The number of rotatable bonds is 13. The van der Waals surface area contributed by atoms with E-state index in [9.17, 15) is 14.4 Å². The lowest BCUT2D eigenvalue weighted by Crippen LogP contribution is -2.26. The van der Waals surface area contributed by atoms with Gasteiger partial charge in [-0.05, 0) is 12.5 Å². The predicted octanol–water partition coefficient (Wildman–Crippen LogP) is 1.26. The van der Waals surface area contributed by atoms with Crippen LogP contribution in [0.5, 0.6) is 0 Å². The Hall–Kier alpha value is -1.79. The quantitative estimate of drug-likeness (QED) is 0.378. The summed E-state index contributed by atoms with van der Waals surface area (Å²) in [5.41, 5.74) is 0.635. The van der Waals surface area contributed by atoms with Gasteiger partial charge in [0, 0.05) is 44.2 Å². The molecule has 6 nitrogen and oxygen atoms in total. The van der Waals surface area contributed by atoms with Crippen molar-refractivity contribution in [2.24, 2.45) is 0 Å². The van der Waals surface area contributed by atoms with E-state index in [0.717, 1.165) is 6.29 Å². The van der Waals surface area contributed by atoms with Gasteiger partial charge >= 0.3 is 0 Å². The topological polar surface area (TPSA) is 72.9 Å². The average Bonchev–Trinajstić information content (AvgIpc) is 2.82. The fourth-order valence-electron chi connectivity index (χ4n) is 1.93. The van der Waals surface area contributed by atoms with E-state index in [1.54, 1.807) is 6.08 Å². The van der Waals surface area contributed by atoms with Gasteiger partial charge in [-0.25, -0.2) is 0 Å². The Bertz CT molecular complexity index is 412. The minimum absolute atomic E-state index is 0.110. The zero-order valence-electron chi connectivity index (χ0n) is 12.8. The van der Waals surface area contributed by atoms with Crippen LogP contribution in [0.4, 0.5) is 0 Å². The van der Waals surface area contributed by atoms with Crippen LogP contribution in [-0.2, 0) is 23.9 Å². The molecule has 0 N–H and O–H groups in total. The Morgan fingerprint density at radius 1 is 1.14 bits per heavy atom. The van der Waals surface area contributed by atoms with Crippen LogP contribution < -0.4 is 0 Å². The van der Waals surface area contributed by atoms with Crippen molar-refractivity contribution >= 4 is 18.0 Å². The maximum atomic E-state index is 11.7. The molecule has 0 unspecified atom stereocenters. The molecule has 122 valence electrons. The minimum Gasteiger partial charge on any atom is -0.379 e. The van der Waals surface area contributed by atoms with E-state index >= 15 is 0 Å². The van der Waals surface area contributed by atoms with E-state index in [1.807, 2.05) is 0 Å². The molecule has 0 aromatic heterocycles. The highest BCUT2D eigenvalue weighted by atomic mass is 16.5. The van der Waals surface area contributed by atoms with Crippen molar-refractivity contribution < 1.29 is 23.9 Å². The van der Waals surface area contributed by atoms with Crippen LogP contribution in [0.1, 0.15) is 25.7 Å². The number of ketones is 1. The van der Waals surface area contributed by atoms with Crippen LogP contribution in [0.2, 0.25) is 0 Å². The Balaban J connectivity index is 1.94. The summed E-state index contributed by atoms with van der Waals surface area (Å²) in [6.07, 6.45) is 5.74. The molecule has 0 aliphatic carbocycles. The van der Waals surface area contributed by atoms with Crippen LogP contribution in [0.3, 0.4) is 0 Å². The third kappa shape index (κ3) is 7.28. The van der Waals surface area contributed by atoms with E-state index in [1.165, 1.54) is 11.0 Å². The van der Waals surface area contributed by atoms with E-state index in [4.69, 9.17) is 9.47 Å². The van der Waals surface area contributed by atoms with Crippen molar-refractivity contribution in [3.8, 4) is 0 Å². The Morgan fingerprint density at radius 2 is 1.86 bits per heavy atom. The molecular weight excluding hydrogens is 286 g/mol. The summed E-state index contributed by atoms with van der Waals surface area (Å²) >= 11 is 0. The molecular formula is C16H23NO5. The van der Waals surface area contributed by atoms with Crippen LogP contribution in [-0.4, -0.2) is 55.8 Å². The second-order valence-corrected chi connectivity index (χ2v) is 4.89. The monoisotopic (exact) mass is 309 g/mol. The number of carbonyl (C=O) groups is 3. The zero-order valence-corrected chi connectivity index (χ0v) is 12.8. The van der Waals surface area contributed by atoms with Crippen LogP contribution in [0.15, 0.2) is 24.4 Å². The molecule has 0 spiro atoms. The van der Waals surface area contributed by atoms with E-state index < -0.39 is 0 Å². The van der Waals surface area contributed by atoms with Gasteiger partial charge in [-0.15, -0.1) is 0 Å². The third-order valence-electron chi connectivity index (χ3n) is 3.14. The Kier molecular flexibility index (Phi) is 9.02. The SMILES string of the molecule is C=C1C=CC(=O)N1CCC(=O)CCCOCCOCCC=O. The number of hydrogen-bond donors (Lipinski definition) is 0. The summed E-state index contributed by atoms with van der Waals surface area (Å²) in [7, 11) is 0. The average molecular weight is 309 g/mol. The van der Waals surface area contributed by atoms with E-state index in [-0.39, 0.29) is 11.7 Å². The van der Waals surface area contributed by atoms with Gasteiger partial charge in [0.25, 0.3) is 5.91 Å². The van der Waals surface area contributed by atoms with Crippen molar-refractivity contribution in [1.29, 1.82) is 0 Å². The first-order valence-electron chi connectivity index (χ1n) is 7.44. The van der Waals surface area contributed by atoms with Gasteiger partial charge in [0.2, 0.25) is 0 Å². The molecule has 0 fully saturated rings. The predicted molar refractivity (Wildman–Crippen MR) is 81.2 cm³/mol. The van der Waals surface area contributed by atoms with Gasteiger partial charge in [0.1, 0.15) is 12.1 Å². The number of nitrogens with zero attached hydrogens (tertiary/aromatic N) is 1. The number of Topliss-reactive ketones (excluding diaryl/α,β-unsaturated/α-hetero) is 1. The lowest BCUT2D eigenvalue weighted by molar-refractivity contribution is -0.124. The normalized spacial score (nSPS) is 13.9. The first kappa shape index (κ1) is 18.3. The maximum absolute atomic E-state index is 11.7. The van der Waals surface area contributed by atoms with Gasteiger partial charge in [-0.1, -0.05) is 6.58 Å². The smallest absolute Gasteiger partial charge is 0.251 e. The Labute approximate surface area is 130 Å². The summed E-state index contributed by atoms with van der Waals surface area (Å²) < 4.78 is 10.5.